The summed E-state index contributed by atoms with van der Waals surface area (Å²) in [6.45, 7) is 1.96. The molecule has 0 aliphatic heterocycles. The minimum atomic E-state index is 0.0156. The van der Waals surface area contributed by atoms with Gasteiger partial charge in [0.25, 0.3) is 0 Å². The highest BCUT2D eigenvalue weighted by atomic mass is 15.2. The molecule has 2 heterocycles. The summed E-state index contributed by atoms with van der Waals surface area (Å²) in [4.78, 5) is 8.18. The second-order valence-corrected chi connectivity index (χ2v) is 3.21. The number of hydrogen-bond acceptors (Lipinski definition) is 5. The van der Waals surface area contributed by atoms with Gasteiger partial charge in [0, 0.05) is 18.0 Å². The van der Waals surface area contributed by atoms with Gasteiger partial charge in [-0.1, -0.05) is 0 Å². The van der Waals surface area contributed by atoms with Crippen LogP contribution in [0.15, 0.2) is 24.7 Å². The zero-order chi connectivity index (χ0) is 10.7. The summed E-state index contributed by atoms with van der Waals surface area (Å²) in [5, 5.41) is 9.73. The van der Waals surface area contributed by atoms with E-state index >= 15 is 0 Å². The first-order valence-corrected chi connectivity index (χ1v) is 4.59. The van der Waals surface area contributed by atoms with Crippen LogP contribution in [0.5, 0.6) is 0 Å². The standard InChI is InChI=1S/C9H12N6/c1-6(9-12-5-13-15-9)14-8-4-7(10)2-3-11-8/h2-6H,1H3,(H3,10,11,14)(H,12,13,15). The molecule has 0 aliphatic rings. The third kappa shape index (κ3) is 2.22. The molecule has 78 valence electrons. The molecule has 0 saturated heterocycles. The first-order chi connectivity index (χ1) is 7.25. The lowest BCUT2D eigenvalue weighted by molar-refractivity contribution is 0.790. The van der Waals surface area contributed by atoms with Gasteiger partial charge in [-0.3, -0.25) is 5.10 Å². The van der Waals surface area contributed by atoms with Crippen molar-refractivity contribution in [2.45, 2.75) is 13.0 Å². The molecule has 2 aromatic heterocycles. The minimum absolute atomic E-state index is 0.0156. The smallest absolute Gasteiger partial charge is 0.146 e. The Morgan fingerprint density at radius 3 is 3.00 bits per heavy atom. The van der Waals surface area contributed by atoms with E-state index in [2.05, 4.69) is 25.5 Å². The van der Waals surface area contributed by atoms with E-state index < -0.39 is 0 Å². The van der Waals surface area contributed by atoms with E-state index in [1.807, 2.05) is 6.92 Å². The molecule has 0 saturated carbocycles. The van der Waals surface area contributed by atoms with Gasteiger partial charge in [-0.25, -0.2) is 9.97 Å². The number of nitrogens with two attached hydrogens (primary N) is 1. The number of nitrogens with one attached hydrogen (secondary N) is 2. The molecule has 0 radical (unpaired) electrons. The number of rotatable bonds is 3. The second-order valence-electron chi connectivity index (χ2n) is 3.21. The fourth-order valence-electron chi connectivity index (χ4n) is 1.24. The second kappa shape index (κ2) is 3.95. The summed E-state index contributed by atoms with van der Waals surface area (Å²) >= 11 is 0. The Morgan fingerprint density at radius 2 is 2.33 bits per heavy atom. The van der Waals surface area contributed by atoms with Crippen molar-refractivity contribution in [3.63, 3.8) is 0 Å². The SMILES string of the molecule is CC(Nc1cc(N)ccn1)c1ncn[nH]1. The van der Waals surface area contributed by atoms with Gasteiger partial charge < -0.3 is 11.1 Å². The normalized spacial score (nSPS) is 12.3. The van der Waals surface area contributed by atoms with E-state index in [0.717, 1.165) is 11.6 Å². The van der Waals surface area contributed by atoms with Gasteiger partial charge >= 0.3 is 0 Å². The fourth-order valence-corrected chi connectivity index (χ4v) is 1.24. The zero-order valence-corrected chi connectivity index (χ0v) is 8.31. The van der Waals surface area contributed by atoms with E-state index in [4.69, 9.17) is 5.73 Å². The van der Waals surface area contributed by atoms with Crippen LogP contribution in [0.3, 0.4) is 0 Å². The molecule has 2 rings (SSSR count). The van der Waals surface area contributed by atoms with Crippen LogP contribution in [-0.4, -0.2) is 20.2 Å². The van der Waals surface area contributed by atoms with Crippen LogP contribution >= 0.6 is 0 Å². The molecule has 15 heavy (non-hydrogen) atoms. The van der Waals surface area contributed by atoms with Crippen LogP contribution in [-0.2, 0) is 0 Å². The number of anilines is 2. The van der Waals surface area contributed by atoms with Crippen molar-refractivity contribution in [1.82, 2.24) is 20.2 Å². The van der Waals surface area contributed by atoms with Gasteiger partial charge in [-0.05, 0) is 13.0 Å². The average molecular weight is 204 g/mol. The predicted octanol–water partition coefficient (Wildman–Crippen LogP) is 0.955. The van der Waals surface area contributed by atoms with Crippen LogP contribution < -0.4 is 11.1 Å². The highest BCUT2D eigenvalue weighted by molar-refractivity contribution is 5.48. The number of pyridine rings is 1. The van der Waals surface area contributed by atoms with Gasteiger partial charge in [-0.2, -0.15) is 5.10 Å². The highest BCUT2D eigenvalue weighted by Gasteiger charge is 2.08. The van der Waals surface area contributed by atoms with Crippen molar-refractivity contribution in [3.8, 4) is 0 Å². The van der Waals surface area contributed by atoms with Crippen LogP contribution in [0, 0.1) is 0 Å². The molecule has 1 atom stereocenters. The van der Waals surface area contributed by atoms with E-state index in [9.17, 15) is 0 Å². The monoisotopic (exact) mass is 204 g/mol. The fraction of sp³-hybridized carbons (Fsp3) is 0.222. The molecule has 2 aromatic rings. The Hall–Kier alpha value is -2.11. The van der Waals surface area contributed by atoms with E-state index in [-0.39, 0.29) is 6.04 Å². The van der Waals surface area contributed by atoms with Crippen LogP contribution in [0.25, 0.3) is 0 Å². The number of nitrogens with zero attached hydrogens (tertiary/aromatic N) is 3. The molecule has 6 heteroatoms. The van der Waals surface area contributed by atoms with Gasteiger partial charge in [0.1, 0.15) is 18.0 Å². The summed E-state index contributed by atoms with van der Waals surface area (Å²) in [5.74, 6) is 1.48. The maximum absolute atomic E-state index is 5.64. The number of H-pyrrole nitrogens is 1. The maximum Gasteiger partial charge on any atom is 0.146 e. The molecule has 0 bridgehead atoms. The summed E-state index contributed by atoms with van der Waals surface area (Å²) in [6, 6.07) is 3.53. The van der Waals surface area contributed by atoms with E-state index in [1.165, 1.54) is 6.33 Å². The first kappa shape index (κ1) is 9.45. The van der Waals surface area contributed by atoms with Crippen molar-refractivity contribution in [2.24, 2.45) is 0 Å². The Balaban J connectivity index is 2.09. The summed E-state index contributed by atoms with van der Waals surface area (Å²) < 4.78 is 0. The van der Waals surface area contributed by atoms with Crippen LogP contribution in [0.2, 0.25) is 0 Å². The molecule has 0 spiro atoms. The number of aromatic nitrogens is 4. The van der Waals surface area contributed by atoms with Gasteiger partial charge in [0.15, 0.2) is 0 Å². The quantitative estimate of drug-likeness (QED) is 0.692. The summed E-state index contributed by atoms with van der Waals surface area (Å²) in [6.07, 6.45) is 3.13. The van der Waals surface area contributed by atoms with Crippen molar-refractivity contribution in [2.75, 3.05) is 11.1 Å². The maximum atomic E-state index is 5.64. The highest BCUT2D eigenvalue weighted by Crippen LogP contribution is 2.15. The van der Waals surface area contributed by atoms with Crippen molar-refractivity contribution >= 4 is 11.5 Å². The Labute approximate surface area is 86.9 Å². The summed E-state index contributed by atoms with van der Waals surface area (Å²) in [7, 11) is 0. The lowest BCUT2D eigenvalue weighted by Crippen LogP contribution is -2.09. The van der Waals surface area contributed by atoms with Crippen molar-refractivity contribution in [3.05, 3.63) is 30.5 Å². The first-order valence-electron chi connectivity index (χ1n) is 4.59. The Bertz CT molecular complexity index is 424. The molecule has 6 nitrogen and oxygen atoms in total. The van der Waals surface area contributed by atoms with Crippen LogP contribution in [0.4, 0.5) is 11.5 Å². The van der Waals surface area contributed by atoms with Gasteiger partial charge in [0.05, 0.1) is 6.04 Å². The Morgan fingerprint density at radius 1 is 1.47 bits per heavy atom. The molecule has 4 N–H and O–H groups in total. The molecule has 1 unspecified atom stereocenters. The third-order valence-corrected chi connectivity index (χ3v) is 1.99. The average Bonchev–Trinajstić information content (AvgIpc) is 2.70. The van der Waals surface area contributed by atoms with Gasteiger partial charge in [-0.15, -0.1) is 0 Å². The molecule has 0 amide bonds. The minimum Gasteiger partial charge on any atom is -0.399 e. The topological polar surface area (TPSA) is 92.5 Å². The molecule has 0 fully saturated rings. The van der Waals surface area contributed by atoms with Crippen molar-refractivity contribution in [1.29, 1.82) is 0 Å². The van der Waals surface area contributed by atoms with E-state index in [0.29, 0.717) is 5.69 Å². The van der Waals surface area contributed by atoms with Crippen LogP contribution in [0.1, 0.15) is 18.8 Å². The zero-order valence-electron chi connectivity index (χ0n) is 8.31. The number of aromatic amines is 1. The predicted molar refractivity (Wildman–Crippen MR) is 57.1 cm³/mol. The largest absolute Gasteiger partial charge is 0.399 e. The van der Waals surface area contributed by atoms with Crippen molar-refractivity contribution < 1.29 is 0 Å². The molecular formula is C9H12N6. The lowest BCUT2D eigenvalue weighted by Gasteiger charge is -2.11. The number of hydrogen-bond donors (Lipinski definition) is 3. The Kier molecular flexibility index (Phi) is 2.49. The molecular weight excluding hydrogens is 192 g/mol. The van der Waals surface area contributed by atoms with Gasteiger partial charge in [0.2, 0.25) is 0 Å². The lowest BCUT2D eigenvalue weighted by atomic mass is 10.3. The summed E-state index contributed by atoms with van der Waals surface area (Å²) in [5.41, 5.74) is 6.32. The molecule has 0 aromatic carbocycles. The van der Waals surface area contributed by atoms with E-state index in [1.54, 1.807) is 18.3 Å². The number of nitrogen functional groups attached to an aromatic ring is 1. The third-order valence-electron chi connectivity index (χ3n) is 1.99. The molecule has 0 aliphatic carbocycles.